The molecule has 5 nitrogen and oxygen atoms in total. The molecule has 120 valence electrons. The number of hydrogen-bond acceptors (Lipinski definition) is 4. The van der Waals surface area contributed by atoms with Crippen LogP contribution < -0.4 is 10.9 Å². The molecule has 2 aromatic rings. The number of ether oxygens (including phenoxy) is 1. The van der Waals surface area contributed by atoms with Crippen LogP contribution in [-0.4, -0.2) is 22.8 Å². The van der Waals surface area contributed by atoms with Crippen LogP contribution in [0.3, 0.4) is 0 Å². The number of rotatable bonds is 6. The van der Waals surface area contributed by atoms with Crippen molar-refractivity contribution in [2.45, 2.75) is 19.5 Å². The van der Waals surface area contributed by atoms with E-state index in [2.05, 4.69) is 5.32 Å². The van der Waals surface area contributed by atoms with Crippen molar-refractivity contribution >= 4 is 0 Å². The Kier molecular flexibility index (Phi) is 4.78. The molecule has 0 aliphatic carbocycles. The van der Waals surface area contributed by atoms with E-state index in [4.69, 9.17) is 4.74 Å². The first-order chi connectivity index (χ1) is 11.2. The molecule has 1 aliphatic rings. The highest BCUT2D eigenvalue weighted by molar-refractivity contribution is 5.29. The van der Waals surface area contributed by atoms with Gasteiger partial charge in [0.15, 0.2) is 5.75 Å². The third kappa shape index (κ3) is 3.81. The van der Waals surface area contributed by atoms with Crippen molar-refractivity contribution in [1.29, 1.82) is 0 Å². The molecule has 23 heavy (non-hydrogen) atoms. The van der Waals surface area contributed by atoms with E-state index < -0.39 is 0 Å². The topological polar surface area (TPSA) is 63.5 Å². The molecule has 0 amide bonds. The van der Waals surface area contributed by atoms with Crippen molar-refractivity contribution in [3.8, 4) is 5.75 Å². The van der Waals surface area contributed by atoms with Crippen molar-refractivity contribution in [2.24, 2.45) is 0 Å². The molecule has 0 radical (unpaired) electrons. The second-order valence-corrected chi connectivity index (χ2v) is 5.52. The van der Waals surface area contributed by atoms with Crippen LogP contribution in [-0.2, 0) is 17.8 Å². The summed E-state index contributed by atoms with van der Waals surface area (Å²) in [6.07, 6.45) is 4.71. The first-order valence-corrected chi connectivity index (χ1v) is 7.72. The Hall–Kier alpha value is -2.53. The van der Waals surface area contributed by atoms with E-state index in [1.54, 1.807) is 12.3 Å². The lowest BCUT2D eigenvalue weighted by Gasteiger charge is -2.11. The summed E-state index contributed by atoms with van der Waals surface area (Å²) in [5.74, 6) is 0.721. The molecule has 5 heteroatoms. The van der Waals surface area contributed by atoms with Crippen LogP contribution in [0.15, 0.2) is 59.2 Å². The summed E-state index contributed by atoms with van der Waals surface area (Å²) in [7, 11) is 0. The van der Waals surface area contributed by atoms with Crippen LogP contribution in [0, 0.1) is 0 Å². The van der Waals surface area contributed by atoms with E-state index in [1.165, 1.54) is 4.57 Å². The molecule has 0 unspecified atom stereocenters. The van der Waals surface area contributed by atoms with Crippen LogP contribution in [0.4, 0.5) is 0 Å². The fourth-order valence-corrected chi connectivity index (χ4v) is 2.56. The summed E-state index contributed by atoms with van der Waals surface area (Å²) >= 11 is 0. The van der Waals surface area contributed by atoms with Gasteiger partial charge in [0, 0.05) is 24.7 Å². The van der Waals surface area contributed by atoms with Gasteiger partial charge in [-0.25, -0.2) is 0 Å². The smallest absolute Gasteiger partial charge is 0.293 e. The van der Waals surface area contributed by atoms with Gasteiger partial charge in [0.25, 0.3) is 5.56 Å². The lowest BCUT2D eigenvalue weighted by molar-refractivity contribution is 0.236. The lowest BCUT2D eigenvalue weighted by Crippen LogP contribution is -2.23. The monoisotopic (exact) mass is 312 g/mol. The third-order valence-electron chi connectivity index (χ3n) is 3.81. The molecule has 0 fully saturated rings. The molecule has 0 saturated heterocycles. The van der Waals surface area contributed by atoms with E-state index in [1.807, 2.05) is 36.4 Å². The first kappa shape index (κ1) is 15.4. The van der Waals surface area contributed by atoms with Gasteiger partial charge in [0.2, 0.25) is 0 Å². The van der Waals surface area contributed by atoms with Gasteiger partial charge >= 0.3 is 0 Å². The standard InChI is InChI=1S/C18H20N2O3/c21-17-15(11-19-12-16-7-4-10-23-16)8-9-20(18(17)22)13-14-5-2-1-3-6-14/h1-3,5-9,19,21H,4,10-13H2. The average Bonchev–Trinajstić information content (AvgIpc) is 3.08. The molecule has 0 bridgehead atoms. The molecule has 0 spiro atoms. The van der Waals surface area contributed by atoms with Crippen molar-refractivity contribution in [1.82, 2.24) is 9.88 Å². The molecule has 2 heterocycles. The average molecular weight is 312 g/mol. The Balaban J connectivity index is 1.66. The minimum Gasteiger partial charge on any atom is -0.503 e. The van der Waals surface area contributed by atoms with Crippen LogP contribution in [0.25, 0.3) is 0 Å². The largest absolute Gasteiger partial charge is 0.503 e. The number of aromatic nitrogens is 1. The summed E-state index contributed by atoms with van der Waals surface area (Å²) in [6, 6.07) is 11.5. The zero-order chi connectivity index (χ0) is 16.1. The van der Waals surface area contributed by atoms with Gasteiger partial charge in [0.1, 0.15) is 5.76 Å². The normalized spacial score (nSPS) is 13.7. The number of aromatic hydroxyl groups is 1. The minimum atomic E-state index is -0.371. The van der Waals surface area contributed by atoms with Gasteiger partial charge in [0.05, 0.1) is 19.7 Å². The predicted octanol–water partition coefficient (Wildman–Crippen LogP) is 2.00. The lowest BCUT2D eigenvalue weighted by atomic mass is 10.2. The van der Waals surface area contributed by atoms with Gasteiger partial charge in [-0.15, -0.1) is 0 Å². The maximum atomic E-state index is 12.3. The van der Waals surface area contributed by atoms with Crippen molar-refractivity contribution in [2.75, 3.05) is 13.2 Å². The van der Waals surface area contributed by atoms with Gasteiger partial charge in [-0.3, -0.25) is 4.79 Å². The second-order valence-electron chi connectivity index (χ2n) is 5.52. The molecule has 0 saturated carbocycles. The Morgan fingerprint density at radius 3 is 2.74 bits per heavy atom. The SMILES string of the molecule is O=c1c(O)c(CNCC2=CCCO2)ccn1Cc1ccccc1. The Labute approximate surface area is 134 Å². The fraction of sp³-hybridized carbons (Fsp3) is 0.278. The number of hydrogen-bond donors (Lipinski definition) is 2. The maximum absolute atomic E-state index is 12.3. The molecule has 1 aliphatic heterocycles. The Bertz CT molecular complexity index is 751. The summed E-state index contributed by atoms with van der Waals surface area (Å²) < 4.78 is 6.91. The van der Waals surface area contributed by atoms with Gasteiger partial charge in [-0.1, -0.05) is 30.3 Å². The summed E-state index contributed by atoms with van der Waals surface area (Å²) in [5, 5.41) is 13.3. The summed E-state index contributed by atoms with van der Waals surface area (Å²) in [5.41, 5.74) is 1.24. The zero-order valence-corrected chi connectivity index (χ0v) is 12.9. The van der Waals surface area contributed by atoms with Crippen molar-refractivity contribution in [3.05, 3.63) is 75.9 Å². The van der Waals surface area contributed by atoms with Crippen LogP contribution in [0.5, 0.6) is 5.75 Å². The van der Waals surface area contributed by atoms with Crippen LogP contribution in [0.1, 0.15) is 17.5 Å². The van der Waals surface area contributed by atoms with Crippen molar-refractivity contribution < 1.29 is 9.84 Å². The summed E-state index contributed by atoms with van der Waals surface area (Å²) in [4.78, 5) is 12.3. The molecular formula is C18H20N2O3. The first-order valence-electron chi connectivity index (χ1n) is 7.72. The highest BCUT2D eigenvalue weighted by Gasteiger charge is 2.10. The maximum Gasteiger partial charge on any atom is 0.293 e. The highest BCUT2D eigenvalue weighted by atomic mass is 16.5. The summed E-state index contributed by atoms with van der Waals surface area (Å²) in [6.45, 7) is 2.21. The number of nitrogens with zero attached hydrogens (tertiary/aromatic N) is 1. The van der Waals surface area contributed by atoms with Gasteiger partial charge in [-0.2, -0.15) is 0 Å². The Morgan fingerprint density at radius 1 is 1.17 bits per heavy atom. The molecule has 2 N–H and O–H groups in total. The van der Waals surface area contributed by atoms with Crippen molar-refractivity contribution in [3.63, 3.8) is 0 Å². The number of benzene rings is 1. The van der Waals surface area contributed by atoms with E-state index in [0.717, 1.165) is 24.4 Å². The quantitative estimate of drug-likeness (QED) is 0.856. The van der Waals surface area contributed by atoms with E-state index in [0.29, 0.717) is 25.2 Å². The molecule has 1 aromatic heterocycles. The molecule has 1 aromatic carbocycles. The number of nitrogens with one attached hydrogen (secondary N) is 1. The fourth-order valence-electron chi connectivity index (χ4n) is 2.56. The molecular weight excluding hydrogens is 292 g/mol. The van der Waals surface area contributed by atoms with Crippen LogP contribution >= 0.6 is 0 Å². The zero-order valence-electron chi connectivity index (χ0n) is 12.9. The van der Waals surface area contributed by atoms with Crippen LogP contribution in [0.2, 0.25) is 0 Å². The Morgan fingerprint density at radius 2 is 2.00 bits per heavy atom. The van der Waals surface area contributed by atoms with E-state index >= 15 is 0 Å². The molecule has 3 rings (SSSR count). The van der Waals surface area contributed by atoms with E-state index in [9.17, 15) is 9.90 Å². The predicted molar refractivity (Wildman–Crippen MR) is 88.3 cm³/mol. The van der Waals surface area contributed by atoms with E-state index in [-0.39, 0.29) is 11.3 Å². The minimum absolute atomic E-state index is 0.197. The number of pyridine rings is 1. The van der Waals surface area contributed by atoms with Gasteiger partial charge < -0.3 is 19.7 Å². The van der Waals surface area contributed by atoms with Gasteiger partial charge in [-0.05, 0) is 17.7 Å². The third-order valence-corrected chi connectivity index (χ3v) is 3.81. The second kappa shape index (κ2) is 7.15. The molecule has 0 atom stereocenters. The highest BCUT2D eigenvalue weighted by Crippen LogP contribution is 2.12.